The van der Waals surface area contributed by atoms with Gasteiger partial charge < -0.3 is 4.57 Å². The number of hydrogen-bond donors (Lipinski definition) is 0. The highest BCUT2D eigenvalue weighted by Crippen LogP contribution is 2.32. The van der Waals surface area contributed by atoms with Gasteiger partial charge in [-0.3, -0.25) is 4.79 Å². The highest BCUT2D eigenvalue weighted by atomic mass is 19.4. The fourth-order valence-corrected chi connectivity index (χ4v) is 5.01. The Bertz CT molecular complexity index is 2020. The molecular weight excluding hydrogens is 532 g/mol. The highest BCUT2D eigenvalue weighted by molar-refractivity contribution is 6.01. The van der Waals surface area contributed by atoms with Crippen molar-refractivity contribution in [3.63, 3.8) is 0 Å². The molecule has 0 atom stereocenters. The van der Waals surface area contributed by atoms with Crippen LogP contribution in [0, 0.1) is 12.7 Å². The molecule has 41 heavy (non-hydrogen) atoms. The molecule has 0 aliphatic heterocycles. The maximum atomic E-state index is 13.9. The minimum absolute atomic E-state index is 0.0165. The molecule has 0 spiro atoms. The van der Waals surface area contributed by atoms with Crippen molar-refractivity contribution in [2.24, 2.45) is 5.10 Å². The molecule has 0 radical (unpaired) electrons. The molecule has 204 valence electrons. The van der Waals surface area contributed by atoms with Crippen molar-refractivity contribution in [3.8, 4) is 11.4 Å². The molecule has 6 rings (SSSR count). The molecule has 4 aromatic carbocycles. The van der Waals surface area contributed by atoms with E-state index in [4.69, 9.17) is 0 Å². The standard InChI is InChI=1S/C32H22F4N4O/c1-20-27(25-12-3-5-15-29(25)39(20)19-21-8-6-11-24(33)16-21)18-37-40-30(22-9-7-10-23(17-22)32(34,35)36)38-28-14-4-2-13-26(28)31(40)41/h2-18H,19H2,1H3. The number of fused-ring (bicyclic) bond motifs is 2. The van der Waals surface area contributed by atoms with Gasteiger partial charge in [0.25, 0.3) is 5.56 Å². The summed E-state index contributed by atoms with van der Waals surface area (Å²) < 4.78 is 57.5. The normalized spacial score (nSPS) is 12.1. The van der Waals surface area contributed by atoms with Gasteiger partial charge in [-0.05, 0) is 55.0 Å². The fraction of sp³-hybridized carbons (Fsp3) is 0.0938. The van der Waals surface area contributed by atoms with Gasteiger partial charge in [0.05, 0.1) is 22.7 Å². The maximum Gasteiger partial charge on any atom is 0.416 e. The van der Waals surface area contributed by atoms with E-state index in [0.29, 0.717) is 17.6 Å². The van der Waals surface area contributed by atoms with Crippen molar-refractivity contribution >= 4 is 28.0 Å². The number of alkyl halides is 3. The Morgan fingerprint density at radius 2 is 1.61 bits per heavy atom. The number of rotatable bonds is 5. The second-order valence-corrected chi connectivity index (χ2v) is 9.62. The average Bonchev–Trinajstić information content (AvgIpc) is 3.22. The van der Waals surface area contributed by atoms with Crippen LogP contribution in [0.3, 0.4) is 0 Å². The highest BCUT2D eigenvalue weighted by Gasteiger charge is 2.31. The molecule has 5 nitrogen and oxygen atoms in total. The van der Waals surface area contributed by atoms with E-state index < -0.39 is 17.3 Å². The van der Waals surface area contributed by atoms with E-state index in [1.165, 1.54) is 30.5 Å². The minimum atomic E-state index is -4.57. The van der Waals surface area contributed by atoms with Gasteiger partial charge in [-0.1, -0.05) is 54.6 Å². The van der Waals surface area contributed by atoms with Crippen LogP contribution in [0.4, 0.5) is 17.6 Å². The Hall–Kier alpha value is -5.05. The van der Waals surface area contributed by atoms with Crippen LogP contribution >= 0.6 is 0 Å². The minimum Gasteiger partial charge on any atom is -0.340 e. The predicted octanol–water partition coefficient (Wildman–Crippen LogP) is 7.42. The van der Waals surface area contributed by atoms with Crippen LogP contribution in [-0.2, 0) is 12.7 Å². The van der Waals surface area contributed by atoms with E-state index in [1.807, 2.05) is 41.8 Å². The maximum absolute atomic E-state index is 13.9. The Morgan fingerprint density at radius 3 is 2.39 bits per heavy atom. The van der Waals surface area contributed by atoms with E-state index in [-0.39, 0.29) is 22.6 Å². The summed E-state index contributed by atoms with van der Waals surface area (Å²) in [5, 5.41) is 5.64. The van der Waals surface area contributed by atoms with Crippen molar-refractivity contribution in [1.29, 1.82) is 0 Å². The summed E-state index contributed by atoms with van der Waals surface area (Å²) in [6.07, 6.45) is -3.05. The third kappa shape index (κ3) is 4.91. The van der Waals surface area contributed by atoms with Gasteiger partial charge in [0.15, 0.2) is 5.82 Å². The lowest BCUT2D eigenvalue weighted by atomic mass is 10.1. The van der Waals surface area contributed by atoms with E-state index in [9.17, 15) is 22.4 Å². The number of para-hydroxylation sites is 2. The Kier molecular flexibility index (Phi) is 6.49. The molecule has 2 aromatic heterocycles. The molecule has 0 fully saturated rings. The lowest BCUT2D eigenvalue weighted by Crippen LogP contribution is -2.20. The molecule has 0 bridgehead atoms. The largest absolute Gasteiger partial charge is 0.416 e. The van der Waals surface area contributed by atoms with Crippen molar-refractivity contribution < 1.29 is 17.6 Å². The predicted molar refractivity (Wildman–Crippen MR) is 152 cm³/mol. The number of hydrogen-bond acceptors (Lipinski definition) is 3. The quantitative estimate of drug-likeness (QED) is 0.165. The Balaban J connectivity index is 1.53. The molecule has 0 amide bonds. The van der Waals surface area contributed by atoms with Crippen LogP contribution in [0.15, 0.2) is 107 Å². The summed E-state index contributed by atoms with van der Waals surface area (Å²) in [7, 11) is 0. The third-order valence-electron chi connectivity index (χ3n) is 7.01. The third-order valence-corrected chi connectivity index (χ3v) is 7.01. The van der Waals surface area contributed by atoms with E-state index in [2.05, 4.69) is 10.1 Å². The zero-order valence-electron chi connectivity index (χ0n) is 21.7. The van der Waals surface area contributed by atoms with Gasteiger partial charge in [0, 0.05) is 34.3 Å². The molecule has 0 unspecified atom stereocenters. The van der Waals surface area contributed by atoms with Crippen LogP contribution < -0.4 is 5.56 Å². The lowest BCUT2D eigenvalue weighted by Gasteiger charge is -2.12. The summed E-state index contributed by atoms with van der Waals surface area (Å²) in [5.74, 6) is -0.346. The van der Waals surface area contributed by atoms with E-state index >= 15 is 0 Å². The van der Waals surface area contributed by atoms with Crippen LogP contribution in [0.1, 0.15) is 22.4 Å². The van der Waals surface area contributed by atoms with Gasteiger partial charge in [0.1, 0.15) is 5.82 Å². The summed E-state index contributed by atoms with van der Waals surface area (Å²) in [6, 6.07) is 25.3. The van der Waals surface area contributed by atoms with Crippen LogP contribution in [-0.4, -0.2) is 20.4 Å². The topological polar surface area (TPSA) is 52.2 Å². The first-order chi connectivity index (χ1) is 19.7. The fourth-order valence-electron chi connectivity index (χ4n) is 5.01. The zero-order chi connectivity index (χ0) is 28.7. The summed E-state index contributed by atoms with van der Waals surface area (Å²) in [5.41, 5.74) is 2.28. The number of benzene rings is 4. The first-order valence-electron chi connectivity index (χ1n) is 12.8. The smallest absolute Gasteiger partial charge is 0.340 e. The van der Waals surface area contributed by atoms with E-state index in [0.717, 1.165) is 39.0 Å². The summed E-state index contributed by atoms with van der Waals surface area (Å²) in [4.78, 5) is 18.1. The molecule has 2 heterocycles. The van der Waals surface area contributed by atoms with Crippen LogP contribution in [0.5, 0.6) is 0 Å². The zero-order valence-corrected chi connectivity index (χ0v) is 21.7. The summed E-state index contributed by atoms with van der Waals surface area (Å²) >= 11 is 0. The Labute approximate surface area is 231 Å². The van der Waals surface area contributed by atoms with Crippen molar-refractivity contribution in [1.82, 2.24) is 14.2 Å². The Morgan fingerprint density at radius 1 is 0.878 bits per heavy atom. The van der Waals surface area contributed by atoms with Gasteiger partial charge in [0.2, 0.25) is 0 Å². The first kappa shape index (κ1) is 26.2. The number of nitrogens with zero attached hydrogens (tertiary/aromatic N) is 4. The molecule has 0 N–H and O–H groups in total. The van der Waals surface area contributed by atoms with Gasteiger partial charge >= 0.3 is 6.18 Å². The van der Waals surface area contributed by atoms with Crippen molar-refractivity contribution in [2.75, 3.05) is 0 Å². The second-order valence-electron chi connectivity index (χ2n) is 9.62. The van der Waals surface area contributed by atoms with Gasteiger partial charge in [-0.2, -0.15) is 22.9 Å². The van der Waals surface area contributed by atoms with E-state index in [1.54, 1.807) is 30.3 Å². The molecule has 0 aliphatic rings. The van der Waals surface area contributed by atoms with Gasteiger partial charge in [-0.15, -0.1) is 0 Å². The molecule has 0 saturated heterocycles. The van der Waals surface area contributed by atoms with Crippen LogP contribution in [0.25, 0.3) is 33.2 Å². The average molecular weight is 555 g/mol. The van der Waals surface area contributed by atoms with Gasteiger partial charge in [-0.25, -0.2) is 9.37 Å². The molecule has 0 saturated carbocycles. The molecular formula is C32H22F4N4O. The monoisotopic (exact) mass is 554 g/mol. The first-order valence-corrected chi connectivity index (χ1v) is 12.8. The van der Waals surface area contributed by atoms with Crippen molar-refractivity contribution in [3.05, 3.63) is 136 Å². The van der Waals surface area contributed by atoms with Crippen molar-refractivity contribution in [2.45, 2.75) is 19.6 Å². The SMILES string of the molecule is Cc1c(C=Nn2c(-c3cccc(C(F)(F)F)c3)nc3ccccc3c2=O)c2ccccc2n1Cc1cccc(F)c1. The molecule has 9 heteroatoms. The molecule has 6 aromatic rings. The number of halogens is 4. The van der Waals surface area contributed by atoms with Crippen LogP contribution in [0.2, 0.25) is 0 Å². The molecule has 0 aliphatic carbocycles. The lowest BCUT2D eigenvalue weighted by molar-refractivity contribution is -0.137. The second kappa shape index (κ2) is 10.2. The number of aromatic nitrogens is 3. The summed E-state index contributed by atoms with van der Waals surface area (Å²) in [6.45, 7) is 2.31.